The molecule has 8 nitrogen and oxygen atoms in total. The zero-order valence-corrected chi connectivity index (χ0v) is 15.7. The van der Waals surface area contributed by atoms with E-state index in [-0.39, 0.29) is 35.5 Å². The third-order valence-electron chi connectivity index (χ3n) is 5.70. The van der Waals surface area contributed by atoms with Gasteiger partial charge in [0.2, 0.25) is 5.91 Å². The molecule has 0 unspecified atom stereocenters. The van der Waals surface area contributed by atoms with Gasteiger partial charge in [0, 0.05) is 13.1 Å². The summed E-state index contributed by atoms with van der Waals surface area (Å²) in [5, 5.41) is 10.1. The van der Waals surface area contributed by atoms with Crippen molar-refractivity contribution in [3.8, 4) is 11.5 Å². The van der Waals surface area contributed by atoms with Crippen molar-refractivity contribution in [1.29, 1.82) is 0 Å². The van der Waals surface area contributed by atoms with Crippen LogP contribution in [-0.4, -0.2) is 45.6 Å². The number of hydrogen-bond donors (Lipinski definition) is 2. The zero-order chi connectivity index (χ0) is 20.8. The highest BCUT2D eigenvalue weighted by molar-refractivity contribution is 5.80. The topological polar surface area (TPSA) is 104 Å². The Labute approximate surface area is 163 Å². The fraction of sp³-hybridized carbons (Fsp3) is 0.556. The number of aromatic amines is 1. The normalized spacial score (nSPS) is 18.1. The fourth-order valence-corrected chi connectivity index (χ4v) is 3.66. The van der Waals surface area contributed by atoms with Crippen molar-refractivity contribution in [3.05, 3.63) is 27.7 Å². The Balaban J connectivity index is 1.40. The first-order valence-corrected chi connectivity index (χ1v) is 9.34. The maximum Gasteiger partial charge on any atom is 0.431 e. The van der Waals surface area contributed by atoms with Gasteiger partial charge in [0.15, 0.2) is 0 Å². The lowest BCUT2D eigenvalue weighted by atomic mass is 9.94. The molecule has 2 fully saturated rings. The molecule has 1 amide bonds. The van der Waals surface area contributed by atoms with Crippen LogP contribution in [0.15, 0.2) is 15.3 Å². The Kier molecular flexibility index (Phi) is 4.62. The molecule has 3 heterocycles. The highest BCUT2D eigenvalue weighted by Crippen LogP contribution is 2.53. The maximum absolute atomic E-state index is 12.9. The number of pyridine rings is 1. The molecule has 0 atom stereocenters. The van der Waals surface area contributed by atoms with E-state index in [0.717, 1.165) is 32.0 Å². The number of rotatable bonds is 4. The summed E-state index contributed by atoms with van der Waals surface area (Å²) < 4.78 is 43.9. The first-order chi connectivity index (χ1) is 13.7. The Bertz CT molecular complexity index is 983. The van der Waals surface area contributed by atoms with Gasteiger partial charge in [-0.3, -0.25) is 9.59 Å². The van der Waals surface area contributed by atoms with E-state index in [9.17, 15) is 22.8 Å². The molecule has 2 aliphatic rings. The first kappa shape index (κ1) is 19.5. The second-order valence-corrected chi connectivity index (χ2v) is 7.71. The smallest absolute Gasteiger partial charge is 0.403 e. The summed E-state index contributed by atoms with van der Waals surface area (Å²) in [7, 11) is 0. The molecule has 0 bridgehead atoms. The van der Waals surface area contributed by atoms with Gasteiger partial charge < -0.3 is 19.6 Å². The summed E-state index contributed by atoms with van der Waals surface area (Å²) >= 11 is 0. The average Bonchev–Trinajstić information content (AvgIpc) is 3.24. The standard InChI is InChI=1S/C18H20F3N5O3/c1-10-8-11(14(28)23-13(10)18(19,20)21)15-24-25-16(29-15)22-9-12(27)26-6-4-17(2-3-17)5-7-26/h8H,2-7,9H2,1H3,(H,22,25)(H,23,28). The number of aryl methyl sites for hydroxylation is 1. The van der Waals surface area contributed by atoms with E-state index in [4.69, 9.17) is 4.42 Å². The Morgan fingerprint density at radius 1 is 1.28 bits per heavy atom. The van der Waals surface area contributed by atoms with Crippen molar-refractivity contribution in [2.45, 2.75) is 38.8 Å². The molecule has 1 aliphatic heterocycles. The van der Waals surface area contributed by atoms with E-state index in [0.29, 0.717) is 5.41 Å². The van der Waals surface area contributed by atoms with Gasteiger partial charge in [0.1, 0.15) is 11.3 Å². The van der Waals surface area contributed by atoms with Crippen molar-refractivity contribution in [2.75, 3.05) is 25.0 Å². The molecule has 4 rings (SSSR count). The predicted molar refractivity (Wildman–Crippen MR) is 96.1 cm³/mol. The van der Waals surface area contributed by atoms with Crippen molar-refractivity contribution in [1.82, 2.24) is 20.1 Å². The fourth-order valence-electron chi connectivity index (χ4n) is 3.66. The molecule has 1 saturated heterocycles. The SMILES string of the molecule is Cc1cc(-c2nnc(NCC(=O)N3CCC4(CC3)CC4)o2)c(=O)[nH]c1C(F)(F)F. The van der Waals surface area contributed by atoms with E-state index < -0.39 is 17.4 Å². The summed E-state index contributed by atoms with van der Waals surface area (Å²) in [5.74, 6) is -0.324. The van der Waals surface area contributed by atoms with Gasteiger partial charge in [0.05, 0.1) is 6.54 Å². The van der Waals surface area contributed by atoms with Crippen molar-refractivity contribution >= 4 is 11.9 Å². The van der Waals surface area contributed by atoms with Crippen LogP contribution in [0.2, 0.25) is 0 Å². The molecule has 156 valence electrons. The number of anilines is 1. The zero-order valence-electron chi connectivity index (χ0n) is 15.7. The lowest BCUT2D eigenvalue weighted by Crippen LogP contribution is -2.41. The predicted octanol–water partition coefficient (Wildman–Crippen LogP) is 2.57. The second-order valence-electron chi connectivity index (χ2n) is 7.71. The monoisotopic (exact) mass is 411 g/mol. The van der Waals surface area contributed by atoms with Gasteiger partial charge in [0.25, 0.3) is 11.4 Å². The van der Waals surface area contributed by atoms with Gasteiger partial charge in [-0.1, -0.05) is 5.10 Å². The lowest BCUT2D eigenvalue weighted by Gasteiger charge is -2.32. The van der Waals surface area contributed by atoms with E-state index in [1.807, 2.05) is 4.98 Å². The molecule has 1 aliphatic carbocycles. The molecule has 2 N–H and O–H groups in total. The summed E-state index contributed by atoms with van der Waals surface area (Å²) in [6, 6.07) is 0.965. The van der Waals surface area contributed by atoms with E-state index in [1.165, 1.54) is 19.8 Å². The molecule has 0 radical (unpaired) electrons. The van der Waals surface area contributed by atoms with Crippen LogP contribution in [0.3, 0.4) is 0 Å². The van der Waals surface area contributed by atoms with Crippen LogP contribution < -0.4 is 10.9 Å². The van der Waals surface area contributed by atoms with Gasteiger partial charge >= 0.3 is 12.2 Å². The molecule has 11 heteroatoms. The van der Waals surface area contributed by atoms with Crippen molar-refractivity contribution < 1.29 is 22.4 Å². The first-order valence-electron chi connectivity index (χ1n) is 9.34. The number of piperidine rings is 1. The van der Waals surface area contributed by atoms with Gasteiger partial charge in [-0.05, 0) is 49.7 Å². The molecule has 1 spiro atoms. The number of hydrogen-bond acceptors (Lipinski definition) is 6. The Hall–Kier alpha value is -2.85. The molecule has 2 aromatic heterocycles. The third-order valence-corrected chi connectivity index (χ3v) is 5.70. The highest BCUT2D eigenvalue weighted by Gasteiger charge is 2.45. The summed E-state index contributed by atoms with van der Waals surface area (Å²) in [5.41, 5.74) is -1.99. The number of likely N-dealkylation sites (tertiary alicyclic amines) is 1. The quantitative estimate of drug-likeness (QED) is 0.802. The van der Waals surface area contributed by atoms with Crippen LogP contribution in [0, 0.1) is 12.3 Å². The number of carbonyl (C=O) groups is 1. The summed E-state index contributed by atoms with van der Waals surface area (Å²) in [6.07, 6.45) is -0.114. The minimum Gasteiger partial charge on any atom is -0.403 e. The van der Waals surface area contributed by atoms with Crippen LogP contribution >= 0.6 is 0 Å². The van der Waals surface area contributed by atoms with E-state index >= 15 is 0 Å². The van der Waals surface area contributed by atoms with Crippen LogP contribution in [0.4, 0.5) is 19.2 Å². The largest absolute Gasteiger partial charge is 0.431 e. The number of nitrogens with one attached hydrogen (secondary N) is 2. The lowest BCUT2D eigenvalue weighted by molar-refractivity contribution is -0.141. The average molecular weight is 411 g/mol. The van der Waals surface area contributed by atoms with E-state index in [1.54, 1.807) is 4.90 Å². The van der Waals surface area contributed by atoms with Crippen molar-refractivity contribution in [2.24, 2.45) is 5.41 Å². The van der Waals surface area contributed by atoms with Gasteiger partial charge in [-0.15, -0.1) is 5.10 Å². The van der Waals surface area contributed by atoms with Crippen LogP contribution in [-0.2, 0) is 11.0 Å². The highest BCUT2D eigenvalue weighted by atomic mass is 19.4. The number of amides is 1. The number of H-pyrrole nitrogens is 1. The molecular formula is C18H20F3N5O3. The molecule has 0 aromatic carbocycles. The Morgan fingerprint density at radius 3 is 2.59 bits per heavy atom. The van der Waals surface area contributed by atoms with Crippen LogP contribution in [0.1, 0.15) is 36.9 Å². The molecular weight excluding hydrogens is 391 g/mol. The van der Waals surface area contributed by atoms with Crippen molar-refractivity contribution in [3.63, 3.8) is 0 Å². The molecule has 2 aromatic rings. The second kappa shape index (κ2) is 6.89. The third kappa shape index (κ3) is 3.99. The van der Waals surface area contributed by atoms with E-state index in [2.05, 4.69) is 15.5 Å². The number of carbonyl (C=O) groups excluding carboxylic acids is 1. The number of nitrogens with zero attached hydrogens (tertiary/aromatic N) is 3. The van der Waals surface area contributed by atoms with Gasteiger partial charge in [-0.2, -0.15) is 13.2 Å². The summed E-state index contributed by atoms with van der Waals surface area (Å²) in [6.45, 7) is 2.64. The summed E-state index contributed by atoms with van der Waals surface area (Å²) in [4.78, 5) is 27.9. The van der Waals surface area contributed by atoms with Crippen LogP contribution in [0.25, 0.3) is 11.5 Å². The number of alkyl halides is 3. The maximum atomic E-state index is 12.9. The number of halogens is 3. The van der Waals surface area contributed by atoms with Gasteiger partial charge in [-0.25, -0.2) is 0 Å². The molecule has 29 heavy (non-hydrogen) atoms. The number of aromatic nitrogens is 3. The Morgan fingerprint density at radius 2 is 1.97 bits per heavy atom. The minimum absolute atomic E-state index is 0.0446. The molecule has 1 saturated carbocycles. The van der Waals surface area contributed by atoms with Crippen LogP contribution in [0.5, 0.6) is 0 Å². The minimum atomic E-state index is -4.67.